The van der Waals surface area contributed by atoms with Crippen LogP contribution in [0, 0.1) is 0 Å². The lowest BCUT2D eigenvalue weighted by atomic mass is 9.98. The maximum absolute atomic E-state index is 11.8. The van der Waals surface area contributed by atoms with E-state index in [9.17, 15) is 4.79 Å². The van der Waals surface area contributed by atoms with Crippen molar-refractivity contribution in [1.82, 2.24) is 4.90 Å². The van der Waals surface area contributed by atoms with Gasteiger partial charge in [-0.2, -0.15) is 0 Å². The van der Waals surface area contributed by atoms with Crippen LogP contribution in [0.15, 0.2) is 12.2 Å². The van der Waals surface area contributed by atoms with Gasteiger partial charge in [0, 0.05) is 6.54 Å². The van der Waals surface area contributed by atoms with Gasteiger partial charge in [-0.15, -0.1) is 0 Å². The van der Waals surface area contributed by atoms with Gasteiger partial charge >= 0.3 is 6.09 Å². The Morgan fingerprint density at radius 2 is 2.11 bits per heavy atom. The smallest absolute Gasteiger partial charge is 0.410 e. The van der Waals surface area contributed by atoms with Gasteiger partial charge in [-0.25, -0.2) is 4.79 Å². The normalized spacial score (nSPS) is 29.4. The molecule has 0 aromatic heterocycles. The van der Waals surface area contributed by atoms with Gasteiger partial charge in [0.25, 0.3) is 0 Å². The number of fused-ring (bicyclic) bond motifs is 1. The molecule has 0 saturated carbocycles. The molecular weight excluding hydrogens is 234 g/mol. The molecule has 1 unspecified atom stereocenters. The largest absolute Gasteiger partial charge is 0.444 e. The minimum atomic E-state index is -0.223. The zero-order valence-corrected chi connectivity index (χ0v) is 10.6. The second-order valence-electron chi connectivity index (χ2n) is 4.65. The quantitative estimate of drug-likeness (QED) is 0.594. The van der Waals surface area contributed by atoms with Crippen LogP contribution >= 0.6 is 0 Å². The minimum Gasteiger partial charge on any atom is -0.444 e. The summed E-state index contributed by atoms with van der Waals surface area (Å²) in [5.74, 6) is 0. The van der Waals surface area contributed by atoms with E-state index in [-0.39, 0.29) is 24.8 Å². The van der Waals surface area contributed by atoms with Gasteiger partial charge in [-0.1, -0.05) is 12.2 Å². The first-order chi connectivity index (χ1) is 8.83. The Hall–Kier alpha value is -1.07. The maximum Gasteiger partial charge on any atom is 0.410 e. The molecule has 0 spiro atoms. The summed E-state index contributed by atoms with van der Waals surface area (Å²) in [5.41, 5.74) is 0. The summed E-state index contributed by atoms with van der Waals surface area (Å²) in [6, 6.07) is 0.181. The zero-order chi connectivity index (χ0) is 12.8. The highest BCUT2D eigenvalue weighted by Gasteiger charge is 2.40. The van der Waals surface area contributed by atoms with Gasteiger partial charge in [-0.3, -0.25) is 4.90 Å². The Balaban J connectivity index is 1.87. The average molecular weight is 255 g/mol. The van der Waals surface area contributed by atoms with E-state index in [4.69, 9.17) is 14.6 Å². The standard InChI is InChI=1S/C13H21NO4/c15-8-10-17-9-7-14-11-5-3-1-2-4-6-12(11)18-13(14)16/h1-2,11-12,15H,3-10H2/b2-1+/t11?,12-/m0/s1. The van der Waals surface area contributed by atoms with Crippen molar-refractivity contribution in [2.45, 2.75) is 37.8 Å². The molecule has 1 amide bonds. The van der Waals surface area contributed by atoms with Crippen LogP contribution in [-0.2, 0) is 9.47 Å². The van der Waals surface area contributed by atoms with Crippen molar-refractivity contribution in [1.29, 1.82) is 0 Å². The average Bonchev–Trinajstić information content (AvgIpc) is 2.61. The van der Waals surface area contributed by atoms with Crippen molar-refractivity contribution in [3.8, 4) is 0 Å². The van der Waals surface area contributed by atoms with Gasteiger partial charge in [0.05, 0.1) is 25.9 Å². The lowest BCUT2D eigenvalue weighted by molar-refractivity contribution is 0.0747. The SMILES string of the molecule is O=C1O[C@H]2CC/C=C/CCC2N1CCOCCO. The van der Waals surface area contributed by atoms with Crippen LogP contribution in [-0.4, -0.2) is 54.6 Å². The summed E-state index contributed by atoms with van der Waals surface area (Å²) in [7, 11) is 0. The van der Waals surface area contributed by atoms with E-state index in [1.54, 1.807) is 4.90 Å². The first-order valence-electron chi connectivity index (χ1n) is 6.64. The Morgan fingerprint density at radius 3 is 2.89 bits per heavy atom. The van der Waals surface area contributed by atoms with Gasteiger partial charge in [0.15, 0.2) is 0 Å². The molecule has 0 aromatic rings. The van der Waals surface area contributed by atoms with E-state index < -0.39 is 0 Å². The fourth-order valence-corrected chi connectivity index (χ4v) is 2.55. The number of hydrogen-bond acceptors (Lipinski definition) is 4. The fraction of sp³-hybridized carbons (Fsp3) is 0.769. The molecule has 1 aliphatic carbocycles. The molecular formula is C13H21NO4. The fourth-order valence-electron chi connectivity index (χ4n) is 2.55. The predicted octanol–water partition coefficient (Wildman–Crippen LogP) is 1.31. The Labute approximate surface area is 107 Å². The third-order valence-corrected chi connectivity index (χ3v) is 3.44. The number of aliphatic hydroxyl groups excluding tert-OH is 1. The molecule has 0 radical (unpaired) electrons. The molecule has 2 aliphatic rings. The summed E-state index contributed by atoms with van der Waals surface area (Å²) in [5, 5.41) is 8.63. The lowest BCUT2D eigenvalue weighted by Gasteiger charge is -2.25. The number of nitrogens with zero attached hydrogens (tertiary/aromatic N) is 1. The second-order valence-corrected chi connectivity index (χ2v) is 4.65. The number of rotatable bonds is 5. The molecule has 5 nitrogen and oxygen atoms in total. The highest BCUT2D eigenvalue weighted by atomic mass is 16.6. The third-order valence-electron chi connectivity index (χ3n) is 3.44. The van der Waals surface area contributed by atoms with E-state index in [0.717, 1.165) is 25.7 Å². The molecule has 1 aliphatic heterocycles. The molecule has 102 valence electrons. The van der Waals surface area contributed by atoms with Crippen molar-refractivity contribution >= 4 is 6.09 Å². The molecule has 2 atom stereocenters. The van der Waals surface area contributed by atoms with Crippen molar-refractivity contribution < 1.29 is 19.4 Å². The zero-order valence-electron chi connectivity index (χ0n) is 10.6. The van der Waals surface area contributed by atoms with Crippen LogP contribution in [0.5, 0.6) is 0 Å². The number of amides is 1. The maximum atomic E-state index is 11.8. The van der Waals surface area contributed by atoms with Crippen LogP contribution in [0.1, 0.15) is 25.7 Å². The van der Waals surface area contributed by atoms with E-state index in [0.29, 0.717) is 19.8 Å². The molecule has 1 saturated heterocycles. The summed E-state index contributed by atoms with van der Waals surface area (Å²) in [6.07, 6.45) is 7.97. The number of carbonyl (C=O) groups excluding carboxylic acids is 1. The van der Waals surface area contributed by atoms with Crippen molar-refractivity contribution in [3.05, 3.63) is 12.2 Å². The van der Waals surface area contributed by atoms with Crippen LogP contribution in [0.4, 0.5) is 4.79 Å². The number of allylic oxidation sites excluding steroid dienone is 2. The summed E-state index contributed by atoms with van der Waals surface area (Å²) < 4.78 is 10.6. The van der Waals surface area contributed by atoms with Crippen molar-refractivity contribution in [2.24, 2.45) is 0 Å². The number of carbonyl (C=O) groups is 1. The number of ether oxygens (including phenoxy) is 2. The number of aliphatic hydroxyl groups is 1. The number of hydrogen-bond donors (Lipinski definition) is 1. The second kappa shape index (κ2) is 6.75. The Bertz CT molecular complexity index is 305. The van der Waals surface area contributed by atoms with Crippen molar-refractivity contribution in [3.63, 3.8) is 0 Å². The van der Waals surface area contributed by atoms with E-state index in [1.807, 2.05) is 0 Å². The third kappa shape index (κ3) is 3.23. The minimum absolute atomic E-state index is 0.0152. The molecule has 0 aromatic carbocycles. The van der Waals surface area contributed by atoms with Crippen LogP contribution in [0.2, 0.25) is 0 Å². The monoisotopic (exact) mass is 255 g/mol. The van der Waals surface area contributed by atoms with Crippen molar-refractivity contribution in [2.75, 3.05) is 26.4 Å². The molecule has 18 heavy (non-hydrogen) atoms. The molecule has 5 heteroatoms. The summed E-state index contributed by atoms with van der Waals surface area (Å²) >= 11 is 0. The summed E-state index contributed by atoms with van der Waals surface area (Å²) in [6.45, 7) is 1.33. The van der Waals surface area contributed by atoms with E-state index in [1.165, 1.54) is 0 Å². The molecule has 2 rings (SSSR count). The predicted molar refractivity (Wildman–Crippen MR) is 66.3 cm³/mol. The van der Waals surface area contributed by atoms with E-state index >= 15 is 0 Å². The molecule has 1 N–H and O–H groups in total. The topological polar surface area (TPSA) is 59.0 Å². The van der Waals surface area contributed by atoms with Gasteiger partial charge in [0.1, 0.15) is 6.10 Å². The first kappa shape index (κ1) is 13.4. The van der Waals surface area contributed by atoms with Crippen LogP contribution in [0.3, 0.4) is 0 Å². The molecule has 1 fully saturated rings. The van der Waals surface area contributed by atoms with Crippen LogP contribution < -0.4 is 0 Å². The Kier molecular flexibility index (Phi) is 5.01. The van der Waals surface area contributed by atoms with Crippen LogP contribution in [0.25, 0.3) is 0 Å². The lowest BCUT2D eigenvalue weighted by Crippen LogP contribution is -2.39. The molecule has 1 heterocycles. The van der Waals surface area contributed by atoms with Gasteiger partial charge in [-0.05, 0) is 25.7 Å². The Morgan fingerprint density at radius 1 is 1.33 bits per heavy atom. The van der Waals surface area contributed by atoms with E-state index in [2.05, 4.69) is 12.2 Å². The molecule has 0 bridgehead atoms. The highest BCUT2D eigenvalue weighted by molar-refractivity contribution is 5.70. The highest BCUT2D eigenvalue weighted by Crippen LogP contribution is 2.28. The van der Waals surface area contributed by atoms with Gasteiger partial charge < -0.3 is 14.6 Å². The van der Waals surface area contributed by atoms with Gasteiger partial charge in [0.2, 0.25) is 0 Å². The first-order valence-corrected chi connectivity index (χ1v) is 6.64. The summed E-state index contributed by atoms with van der Waals surface area (Å²) in [4.78, 5) is 13.6.